The third-order valence-corrected chi connectivity index (χ3v) is 5.44. The molecule has 0 aromatic carbocycles. The van der Waals surface area contributed by atoms with Gasteiger partial charge in [-0.2, -0.15) is 0 Å². The molecule has 0 radical (unpaired) electrons. The van der Waals surface area contributed by atoms with E-state index in [4.69, 9.17) is 23.2 Å². The van der Waals surface area contributed by atoms with Crippen LogP contribution < -0.4 is 10.6 Å². The molecule has 2 heterocycles. The average Bonchev–Trinajstić information content (AvgIpc) is 2.82. The van der Waals surface area contributed by atoms with Crippen molar-refractivity contribution in [3.05, 3.63) is 21.9 Å². The zero-order valence-electron chi connectivity index (χ0n) is 15.4. The summed E-state index contributed by atoms with van der Waals surface area (Å²) in [5.41, 5.74) is 1.01. The number of piperazine rings is 1. The molecular formula is C16H29Cl2IN6. The van der Waals surface area contributed by atoms with Gasteiger partial charge in [0.25, 0.3) is 0 Å². The van der Waals surface area contributed by atoms with Crippen LogP contribution in [0, 0.1) is 0 Å². The molecule has 1 unspecified atom stereocenters. The average molecular weight is 503 g/mol. The van der Waals surface area contributed by atoms with Crippen LogP contribution in [0.15, 0.2) is 11.1 Å². The molecule has 25 heavy (non-hydrogen) atoms. The fourth-order valence-electron chi connectivity index (χ4n) is 2.79. The van der Waals surface area contributed by atoms with Crippen molar-refractivity contribution in [3.63, 3.8) is 0 Å². The summed E-state index contributed by atoms with van der Waals surface area (Å²) >= 11 is 12.1. The van der Waals surface area contributed by atoms with E-state index < -0.39 is 0 Å². The molecule has 0 spiro atoms. The summed E-state index contributed by atoms with van der Waals surface area (Å²) in [5.74, 6) is 0.782. The van der Waals surface area contributed by atoms with E-state index in [-0.39, 0.29) is 24.0 Å². The van der Waals surface area contributed by atoms with Gasteiger partial charge in [0, 0.05) is 58.6 Å². The highest BCUT2D eigenvalue weighted by Gasteiger charge is 2.19. The number of hydrogen-bond donors (Lipinski definition) is 2. The maximum absolute atomic E-state index is 6.09. The topological polar surface area (TPSA) is 47.8 Å². The molecule has 2 N–H and O–H groups in total. The van der Waals surface area contributed by atoms with E-state index in [1.54, 1.807) is 7.05 Å². The lowest BCUT2D eigenvalue weighted by Gasteiger charge is -2.36. The van der Waals surface area contributed by atoms with Gasteiger partial charge in [0.05, 0.1) is 11.6 Å². The Kier molecular flexibility index (Phi) is 9.87. The predicted molar refractivity (Wildman–Crippen MR) is 118 cm³/mol. The van der Waals surface area contributed by atoms with E-state index in [9.17, 15) is 0 Å². The molecule has 1 saturated heterocycles. The Morgan fingerprint density at radius 1 is 1.20 bits per heavy atom. The van der Waals surface area contributed by atoms with E-state index in [1.165, 1.54) is 0 Å². The number of nitrogens with zero attached hydrogens (tertiary/aromatic N) is 4. The second kappa shape index (κ2) is 10.8. The lowest BCUT2D eigenvalue weighted by molar-refractivity contribution is 0.120. The zero-order chi connectivity index (χ0) is 17.7. The van der Waals surface area contributed by atoms with Crippen molar-refractivity contribution in [2.24, 2.45) is 12.0 Å². The molecule has 144 valence electrons. The first-order valence-corrected chi connectivity index (χ1v) is 9.04. The number of likely N-dealkylation sites (N-methyl/N-ethyl adjacent to an activating group) is 1. The summed E-state index contributed by atoms with van der Waals surface area (Å²) in [6.07, 6.45) is 0. The molecule has 2 rings (SSSR count). The lowest BCUT2D eigenvalue weighted by atomic mass is 10.2. The SMILES string of the molecule is CN=C(NCc1cc(Cl)c(Cl)n1C)NCC(C)N1CCN(C)CC1.I. The third kappa shape index (κ3) is 6.46. The van der Waals surface area contributed by atoms with Crippen molar-refractivity contribution >= 4 is 53.1 Å². The highest BCUT2D eigenvalue weighted by molar-refractivity contribution is 14.0. The second-order valence-electron chi connectivity index (χ2n) is 6.33. The Labute approximate surface area is 177 Å². The monoisotopic (exact) mass is 502 g/mol. The zero-order valence-corrected chi connectivity index (χ0v) is 19.2. The minimum atomic E-state index is 0. The van der Waals surface area contributed by atoms with Crippen molar-refractivity contribution < 1.29 is 0 Å². The molecule has 0 saturated carbocycles. The number of aromatic nitrogens is 1. The van der Waals surface area contributed by atoms with Gasteiger partial charge in [-0.3, -0.25) is 9.89 Å². The van der Waals surface area contributed by atoms with Crippen molar-refractivity contribution in [1.29, 1.82) is 0 Å². The van der Waals surface area contributed by atoms with Crippen LogP contribution in [0.5, 0.6) is 0 Å². The Balaban J connectivity index is 0.00000312. The van der Waals surface area contributed by atoms with Crippen molar-refractivity contribution in [1.82, 2.24) is 25.0 Å². The summed E-state index contributed by atoms with van der Waals surface area (Å²) in [5, 5.41) is 7.83. The van der Waals surface area contributed by atoms with Gasteiger partial charge < -0.3 is 20.1 Å². The van der Waals surface area contributed by atoms with Gasteiger partial charge in [0.15, 0.2) is 5.96 Å². The van der Waals surface area contributed by atoms with E-state index >= 15 is 0 Å². The fourth-order valence-corrected chi connectivity index (χ4v) is 3.21. The maximum Gasteiger partial charge on any atom is 0.191 e. The van der Waals surface area contributed by atoms with E-state index in [2.05, 4.69) is 39.4 Å². The molecule has 1 aromatic rings. The van der Waals surface area contributed by atoms with Crippen molar-refractivity contribution in [2.45, 2.75) is 19.5 Å². The molecule has 0 aliphatic carbocycles. The Hall–Kier alpha value is -0.220. The quantitative estimate of drug-likeness (QED) is 0.368. The smallest absolute Gasteiger partial charge is 0.191 e. The summed E-state index contributed by atoms with van der Waals surface area (Å²) < 4.78 is 1.87. The lowest BCUT2D eigenvalue weighted by Crippen LogP contribution is -2.52. The molecule has 1 aromatic heterocycles. The summed E-state index contributed by atoms with van der Waals surface area (Å²) in [4.78, 5) is 9.16. The number of aliphatic imine (C=N–C) groups is 1. The third-order valence-electron chi connectivity index (χ3n) is 4.60. The van der Waals surface area contributed by atoms with Crippen LogP contribution in [-0.4, -0.2) is 73.2 Å². The van der Waals surface area contributed by atoms with E-state index in [0.29, 0.717) is 22.8 Å². The van der Waals surface area contributed by atoms with Gasteiger partial charge in [0.2, 0.25) is 0 Å². The molecule has 1 aliphatic heterocycles. The molecule has 0 amide bonds. The molecule has 9 heteroatoms. The van der Waals surface area contributed by atoms with Gasteiger partial charge in [-0.1, -0.05) is 23.2 Å². The van der Waals surface area contributed by atoms with Crippen LogP contribution in [-0.2, 0) is 13.6 Å². The van der Waals surface area contributed by atoms with Gasteiger partial charge in [0.1, 0.15) is 5.15 Å². The second-order valence-corrected chi connectivity index (χ2v) is 7.09. The van der Waals surface area contributed by atoms with Gasteiger partial charge in [-0.15, -0.1) is 24.0 Å². The Bertz CT molecular complexity index is 569. The minimum Gasteiger partial charge on any atom is -0.355 e. The molecule has 1 aliphatic rings. The van der Waals surface area contributed by atoms with E-state index in [1.807, 2.05) is 17.7 Å². The Morgan fingerprint density at radius 2 is 1.84 bits per heavy atom. The summed E-state index contributed by atoms with van der Waals surface area (Å²) in [7, 11) is 5.85. The predicted octanol–water partition coefficient (Wildman–Crippen LogP) is 2.25. The largest absolute Gasteiger partial charge is 0.355 e. The molecule has 1 fully saturated rings. The number of halogens is 3. The summed E-state index contributed by atoms with van der Waals surface area (Å²) in [6, 6.07) is 2.34. The highest BCUT2D eigenvalue weighted by Crippen LogP contribution is 2.24. The number of nitrogens with one attached hydrogen (secondary N) is 2. The van der Waals surface area contributed by atoms with Crippen LogP contribution in [0.1, 0.15) is 12.6 Å². The van der Waals surface area contributed by atoms with Crippen LogP contribution in [0.2, 0.25) is 10.2 Å². The van der Waals surface area contributed by atoms with Crippen molar-refractivity contribution in [3.8, 4) is 0 Å². The normalized spacial score (nSPS) is 17.9. The Morgan fingerprint density at radius 3 is 2.36 bits per heavy atom. The number of guanidine groups is 1. The maximum atomic E-state index is 6.09. The molecule has 0 bridgehead atoms. The number of hydrogen-bond acceptors (Lipinski definition) is 3. The van der Waals surface area contributed by atoms with Gasteiger partial charge in [-0.05, 0) is 20.0 Å². The fraction of sp³-hybridized carbons (Fsp3) is 0.688. The first kappa shape index (κ1) is 22.8. The van der Waals surface area contributed by atoms with Crippen LogP contribution >= 0.6 is 47.2 Å². The van der Waals surface area contributed by atoms with Crippen LogP contribution in [0.3, 0.4) is 0 Å². The summed E-state index contributed by atoms with van der Waals surface area (Å²) in [6.45, 7) is 8.22. The first-order chi connectivity index (χ1) is 11.4. The minimum absolute atomic E-state index is 0. The molecule has 1 atom stereocenters. The van der Waals surface area contributed by atoms with Crippen molar-refractivity contribution in [2.75, 3.05) is 46.8 Å². The number of rotatable bonds is 5. The van der Waals surface area contributed by atoms with E-state index in [0.717, 1.165) is 44.4 Å². The standard InChI is InChI=1S/C16H28Cl2N6.HI/c1-12(24-7-5-22(3)6-8-24)10-20-16(19-2)21-11-13-9-14(17)15(18)23(13)4;/h9,12H,5-8,10-11H2,1-4H3,(H2,19,20,21);1H. The first-order valence-electron chi connectivity index (χ1n) is 8.29. The molecular weight excluding hydrogens is 474 g/mol. The highest BCUT2D eigenvalue weighted by atomic mass is 127. The van der Waals surface area contributed by atoms with Gasteiger partial charge >= 0.3 is 0 Å². The molecule has 6 nitrogen and oxygen atoms in total. The van der Waals surface area contributed by atoms with Gasteiger partial charge in [-0.25, -0.2) is 0 Å². The van der Waals surface area contributed by atoms with Crippen LogP contribution in [0.25, 0.3) is 0 Å². The van der Waals surface area contributed by atoms with Crippen LogP contribution in [0.4, 0.5) is 0 Å².